The fourth-order valence-electron chi connectivity index (χ4n) is 2.14. The van der Waals surface area contributed by atoms with Gasteiger partial charge in [-0.15, -0.1) is 0 Å². The van der Waals surface area contributed by atoms with E-state index in [1.807, 2.05) is 0 Å². The summed E-state index contributed by atoms with van der Waals surface area (Å²) < 4.78 is 19.7. The number of esters is 2. The van der Waals surface area contributed by atoms with Crippen molar-refractivity contribution in [3.63, 3.8) is 0 Å². The number of benzene rings is 1. The maximum absolute atomic E-state index is 11.8. The Morgan fingerprint density at radius 3 is 2.62 bits per heavy atom. The minimum absolute atomic E-state index is 0.483. The molecule has 0 radical (unpaired) electrons. The largest absolute Gasteiger partial charge is 0.505 e. The van der Waals surface area contributed by atoms with E-state index in [2.05, 4.69) is 4.74 Å². The molecule has 0 aromatic heterocycles. The summed E-state index contributed by atoms with van der Waals surface area (Å²) in [5.74, 6) is -2.66. The summed E-state index contributed by atoms with van der Waals surface area (Å²) in [5.41, 5.74) is 0.598. The zero-order chi connectivity index (χ0) is 19.3. The summed E-state index contributed by atoms with van der Waals surface area (Å²) in [6.45, 7) is -0.557. The summed E-state index contributed by atoms with van der Waals surface area (Å²) in [6.07, 6.45) is -0.450. The Morgan fingerprint density at radius 2 is 2.04 bits per heavy atom. The van der Waals surface area contributed by atoms with E-state index in [0.717, 1.165) is 6.08 Å². The van der Waals surface area contributed by atoms with E-state index < -0.39 is 42.3 Å². The van der Waals surface area contributed by atoms with Crippen molar-refractivity contribution in [2.24, 2.45) is 0 Å². The Morgan fingerprint density at radius 1 is 1.31 bits per heavy atom. The molecule has 26 heavy (non-hydrogen) atoms. The van der Waals surface area contributed by atoms with Crippen LogP contribution in [0.5, 0.6) is 11.5 Å². The molecular formula is C17H18O9. The van der Waals surface area contributed by atoms with Crippen LogP contribution in [-0.2, 0) is 19.1 Å². The Hall–Kier alpha value is -3.20. The first kappa shape index (κ1) is 19.1. The highest BCUT2D eigenvalue weighted by atomic mass is 16.6. The smallest absolute Gasteiger partial charge is 0.377 e. The lowest BCUT2D eigenvalue weighted by Crippen LogP contribution is -2.33. The molecule has 9 heteroatoms. The van der Waals surface area contributed by atoms with Crippen molar-refractivity contribution in [3.8, 4) is 11.5 Å². The Kier molecular flexibility index (Phi) is 6.07. The van der Waals surface area contributed by atoms with Gasteiger partial charge in [-0.2, -0.15) is 0 Å². The van der Waals surface area contributed by atoms with E-state index >= 15 is 0 Å². The first-order chi connectivity index (χ1) is 12.4. The lowest BCUT2D eigenvalue weighted by atomic mass is 10.1. The molecule has 1 aromatic carbocycles. The molecule has 0 amide bonds. The maximum Gasteiger partial charge on any atom is 0.377 e. The Balaban J connectivity index is 1.93. The average Bonchev–Trinajstić information content (AvgIpc) is 2.91. The van der Waals surface area contributed by atoms with Gasteiger partial charge in [-0.25, -0.2) is 9.59 Å². The molecule has 3 N–H and O–H groups in total. The van der Waals surface area contributed by atoms with Gasteiger partial charge in [-0.05, 0) is 18.2 Å². The number of aliphatic hydroxyl groups is 3. The number of cyclic esters (lactones) is 1. The van der Waals surface area contributed by atoms with E-state index in [9.17, 15) is 19.8 Å². The van der Waals surface area contributed by atoms with Gasteiger partial charge in [0.2, 0.25) is 5.76 Å². The lowest BCUT2D eigenvalue weighted by Gasteiger charge is -2.16. The molecule has 1 aliphatic heterocycles. The van der Waals surface area contributed by atoms with Gasteiger partial charge < -0.3 is 34.3 Å². The molecule has 9 nitrogen and oxygen atoms in total. The fraction of sp³-hybridized carbons (Fsp3) is 0.294. The number of methoxy groups -OCH3 is 2. The molecule has 1 aromatic rings. The number of hydrogen-bond acceptors (Lipinski definition) is 9. The predicted octanol–water partition coefficient (Wildman–Crippen LogP) is 0.874. The van der Waals surface area contributed by atoms with Crippen LogP contribution in [-0.4, -0.2) is 60.3 Å². The summed E-state index contributed by atoms with van der Waals surface area (Å²) in [5, 5.41) is 28.4. The second-order valence-electron chi connectivity index (χ2n) is 5.20. The van der Waals surface area contributed by atoms with Crippen molar-refractivity contribution >= 4 is 18.0 Å². The third-order valence-electron chi connectivity index (χ3n) is 3.52. The number of hydrogen-bond donors (Lipinski definition) is 3. The third kappa shape index (κ3) is 4.25. The SMILES string of the molecule is COc1ccc(/C=C/C(=O)OC[C@H](O)[C@H]2OC(=O)C(O)=C2O)c(OC)c1. The highest BCUT2D eigenvalue weighted by Gasteiger charge is 2.39. The maximum atomic E-state index is 11.8. The Bertz CT molecular complexity index is 751. The monoisotopic (exact) mass is 366 g/mol. The molecule has 0 spiro atoms. The van der Waals surface area contributed by atoms with Gasteiger partial charge in [-0.3, -0.25) is 0 Å². The molecule has 0 aliphatic carbocycles. The zero-order valence-electron chi connectivity index (χ0n) is 14.0. The molecule has 0 saturated heterocycles. The van der Waals surface area contributed by atoms with Crippen molar-refractivity contribution in [2.75, 3.05) is 20.8 Å². The number of carbonyl (C=O) groups excluding carboxylic acids is 2. The number of ether oxygens (including phenoxy) is 4. The van der Waals surface area contributed by atoms with E-state index in [0.29, 0.717) is 17.1 Å². The number of rotatable bonds is 7. The van der Waals surface area contributed by atoms with Crippen LogP contribution in [0, 0.1) is 0 Å². The van der Waals surface area contributed by atoms with Crippen LogP contribution >= 0.6 is 0 Å². The van der Waals surface area contributed by atoms with Gasteiger partial charge in [0.05, 0.1) is 14.2 Å². The second-order valence-corrected chi connectivity index (χ2v) is 5.20. The van der Waals surface area contributed by atoms with Gasteiger partial charge in [0.25, 0.3) is 0 Å². The van der Waals surface area contributed by atoms with Crippen molar-refractivity contribution in [2.45, 2.75) is 12.2 Å². The fourth-order valence-corrected chi connectivity index (χ4v) is 2.14. The molecule has 0 bridgehead atoms. The van der Waals surface area contributed by atoms with Gasteiger partial charge in [0.15, 0.2) is 11.9 Å². The second kappa shape index (κ2) is 8.26. The first-order valence-electron chi connectivity index (χ1n) is 7.45. The molecule has 2 rings (SSSR count). The molecular weight excluding hydrogens is 348 g/mol. The van der Waals surface area contributed by atoms with E-state index in [1.165, 1.54) is 20.3 Å². The van der Waals surface area contributed by atoms with Crippen molar-refractivity contribution in [3.05, 3.63) is 41.4 Å². The standard InChI is InChI=1S/C17H18O9/c1-23-10-5-3-9(12(7-10)24-2)4-6-13(19)25-8-11(18)16-14(20)15(21)17(22)26-16/h3-7,11,16,18,20-21H,8H2,1-2H3/b6-4+/t11-,16+/m0/s1. The van der Waals surface area contributed by atoms with Gasteiger partial charge in [0, 0.05) is 17.7 Å². The summed E-state index contributed by atoms with van der Waals surface area (Å²) in [4.78, 5) is 22.8. The van der Waals surface area contributed by atoms with Crippen LogP contribution in [0.3, 0.4) is 0 Å². The van der Waals surface area contributed by atoms with Crippen molar-refractivity contribution in [1.82, 2.24) is 0 Å². The molecule has 1 heterocycles. The Labute approximate surface area is 148 Å². The molecule has 1 aliphatic rings. The summed E-state index contributed by atoms with van der Waals surface area (Å²) >= 11 is 0. The van der Waals surface area contributed by atoms with E-state index in [4.69, 9.17) is 19.3 Å². The lowest BCUT2D eigenvalue weighted by molar-refractivity contribution is -0.151. The summed E-state index contributed by atoms with van der Waals surface area (Å²) in [6, 6.07) is 5.01. The minimum atomic E-state index is -1.53. The van der Waals surface area contributed by atoms with Crippen LogP contribution < -0.4 is 9.47 Å². The summed E-state index contributed by atoms with van der Waals surface area (Å²) in [7, 11) is 2.99. The van der Waals surface area contributed by atoms with Crippen LogP contribution in [0.1, 0.15) is 5.56 Å². The molecule has 0 fully saturated rings. The van der Waals surface area contributed by atoms with Crippen molar-refractivity contribution in [1.29, 1.82) is 0 Å². The van der Waals surface area contributed by atoms with Gasteiger partial charge in [0.1, 0.15) is 24.2 Å². The van der Waals surface area contributed by atoms with E-state index in [-0.39, 0.29) is 0 Å². The van der Waals surface area contributed by atoms with E-state index in [1.54, 1.807) is 18.2 Å². The van der Waals surface area contributed by atoms with Crippen LogP contribution in [0.4, 0.5) is 0 Å². The molecule has 0 unspecified atom stereocenters. The topological polar surface area (TPSA) is 132 Å². The minimum Gasteiger partial charge on any atom is -0.505 e. The van der Waals surface area contributed by atoms with Gasteiger partial charge >= 0.3 is 11.9 Å². The highest BCUT2D eigenvalue weighted by Crippen LogP contribution is 2.25. The van der Waals surface area contributed by atoms with Gasteiger partial charge in [-0.1, -0.05) is 0 Å². The predicted molar refractivity (Wildman–Crippen MR) is 87.7 cm³/mol. The normalized spacial score (nSPS) is 18.0. The zero-order valence-corrected chi connectivity index (χ0v) is 14.0. The molecule has 0 saturated carbocycles. The average molecular weight is 366 g/mol. The van der Waals surface area contributed by atoms with Crippen LogP contribution in [0.25, 0.3) is 6.08 Å². The first-order valence-corrected chi connectivity index (χ1v) is 7.45. The third-order valence-corrected chi connectivity index (χ3v) is 3.52. The number of carbonyl (C=O) groups is 2. The molecule has 2 atom stereocenters. The van der Waals surface area contributed by atoms with Crippen LogP contribution in [0.15, 0.2) is 35.8 Å². The van der Waals surface area contributed by atoms with Crippen LogP contribution in [0.2, 0.25) is 0 Å². The quantitative estimate of drug-likeness (QED) is 0.475. The number of aliphatic hydroxyl groups excluding tert-OH is 3. The highest BCUT2D eigenvalue weighted by molar-refractivity contribution is 5.89. The molecule has 140 valence electrons. The van der Waals surface area contributed by atoms with Crippen molar-refractivity contribution < 1.29 is 43.9 Å².